The number of aliphatic hydroxyl groups excluding tert-OH is 1. The van der Waals surface area contributed by atoms with Crippen molar-refractivity contribution in [2.24, 2.45) is 0 Å². The lowest BCUT2D eigenvalue weighted by atomic mass is 9.96. The predicted molar refractivity (Wildman–Crippen MR) is 51.5 cm³/mol. The van der Waals surface area contributed by atoms with Gasteiger partial charge in [-0.15, -0.1) is 0 Å². The third kappa shape index (κ3) is 2.64. The van der Waals surface area contributed by atoms with Crippen LogP contribution in [0.3, 0.4) is 0 Å². The van der Waals surface area contributed by atoms with Crippen molar-refractivity contribution >= 4 is 0 Å². The first kappa shape index (κ1) is 10.9. The van der Waals surface area contributed by atoms with Gasteiger partial charge in [-0.1, -0.05) is 0 Å². The molecule has 0 aromatic heterocycles. The monoisotopic (exact) mass is 189 g/mol. The average Bonchev–Trinajstić information content (AvgIpc) is 2.13. The maximum atomic E-state index is 13.7. The van der Waals surface area contributed by atoms with Crippen LogP contribution in [0.25, 0.3) is 0 Å². The van der Waals surface area contributed by atoms with Crippen LogP contribution in [0.2, 0.25) is 0 Å². The minimum absolute atomic E-state index is 0.437. The molecular formula is C10H20FNO. The van der Waals surface area contributed by atoms with E-state index in [0.29, 0.717) is 18.9 Å². The molecule has 1 N–H and O–H groups in total. The van der Waals surface area contributed by atoms with Gasteiger partial charge in [-0.25, -0.2) is 4.39 Å². The van der Waals surface area contributed by atoms with E-state index >= 15 is 0 Å². The van der Waals surface area contributed by atoms with Crippen LogP contribution in [-0.2, 0) is 0 Å². The summed E-state index contributed by atoms with van der Waals surface area (Å²) in [5.74, 6) is 0. The SMILES string of the molecule is CC(C)N1CCC(O)C(C)(F)CC1. The maximum absolute atomic E-state index is 13.7. The Hall–Kier alpha value is -0.150. The molecule has 0 radical (unpaired) electrons. The minimum Gasteiger partial charge on any atom is -0.390 e. The number of halogens is 1. The zero-order chi connectivity index (χ0) is 10.1. The molecule has 2 unspecified atom stereocenters. The molecule has 3 heteroatoms. The van der Waals surface area contributed by atoms with Crippen molar-refractivity contribution in [2.45, 2.75) is 51.4 Å². The summed E-state index contributed by atoms with van der Waals surface area (Å²) in [6.07, 6.45) is 0.189. The largest absolute Gasteiger partial charge is 0.390 e. The number of hydrogen-bond donors (Lipinski definition) is 1. The van der Waals surface area contributed by atoms with E-state index in [9.17, 15) is 9.50 Å². The van der Waals surface area contributed by atoms with E-state index in [-0.39, 0.29) is 0 Å². The first-order valence-electron chi connectivity index (χ1n) is 5.04. The van der Waals surface area contributed by atoms with Gasteiger partial charge >= 0.3 is 0 Å². The van der Waals surface area contributed by atoms with Crippen LogP contribution in [0.15, 0.2) is 0 Å². The van der Waals surface area contributed by atoms with E-state index < -0.39 is 11.8 Å². The van der Waals surface area contributed by atoms with Gasteiger partial charge in [0.15, 0.2) is 0 Å². The van der Waals surface area contributed by atoms with Crippen LogP contribution in [0, 0.1) is 0 Å². The molecule has 0 spiro atoms. The van der Waals surface area contributed by atoms with Crippen molar-refractivity contribution in [1.82, 2.24) is 4.90 Å². The Morgan fingerprint density at radius 2 is 2.08 bits per heavy atom. The molecule has 0 aromatic rings. The van der Waals surface area contributed by atoms with E-state index in [1.165, 1.54) is 6.92 Å². The molecule has 1 aliphatic rings. The molecule has 1 fully saturated rings. The standard InChI is InChI=1S/C10H20FNO/c1-8(2)12-6-4-9(13)10(3,11)5-7-12/h8-9,13H,4-7H2,1-3H3. The molecule has 1 aliphatic heterocycles. The molecule has 13 heavy (non-hydrogen) atoms. The Bertz CT molecular complexity index is 170. The first-order valence-corrected chi connectivity index (χ1v) is 5.04. The van der Waals surface area contributed by atoms with Crippen molar-refractivity contribution in [3.8, 4) is 0 Å². The zero-order valence-corrected chi connectivity index (χ0v) is 8.76. The highest BCUT2D eigenvalue weighted by molar-refractivity contribution is 4.87. The molecule has 78 valence electrons. The van der Waals surface area contributed by atoms with Gasteiger partial charge in [0.05, 0.1) is 6.10 Å². The second-order valence-electron chi connectivity index (χ2n) is 4.46. The summed E-state index contributed by atoms with van der Waals surface area (Å²) >= 11 is 0. The number of alkyl halides is 1. The van der Waals surface area contributed by atoms with Gasteiger partial charge in [-0.2, -0.15) is 0 Å². The van der Waals surface area contributed by atoms with Crippen LogP contribution in [0.5, 0.6) is 0 Å². The van der Waals surface area contributed by atoms with Crippen molar-refractivity contribution in [2.75, 3.05) is 13.1 Å². The molecule has 1 heterocycles. The van der Waals surface area contributed by atoms with Gasteiger partial charge in [-0.05, 0) is 33.6 Å². The van der Waals surface area contributed by atoms with E-state index in [1.807, 2.05) is 0 Å². The Kier molecular flexibility index (Phi) is 3.30. The Morgan fingerprint density at radius 1 is 1.46 bits per heavy atom. The van der Waals surface area contributed by atoms with E-state index in [0.717, 1.165) is 13.1 Å². The summed E-state index contributed by atoms with van der Waals surface area (Å²) in [5, 5.41) is 9.51. The fourth-order valence-corrected chi connectivity index (χ4v) is 1.75. The molecule has 0 amide bonds. The topological polar surface area (TPSA) is 23.5 Å². The van der Waals surface area contributed by atoms with Gasteiger partial charge in [0, 0.05) is 19.1 Å². The number of nitrogens with zero attached hydrogens (tertiary/aromatic N) is 1. The summed E-state index contributed by atoms with van der Waals surface area (Å²) in [4.78, 5) is 2.22. The number of likely N-dealkylation sites (tertiary alicyclic amines) is 1. The van der Waals surface area contributed by atoms with Gasteiger partial charge in [0.2, 0.25) is 0 Å². The lowest BCUT2D eigenvalue weighted by molar-refractivity contribution is 0.00277. The summed E-state index contributed by atoms with van der Waals surface area (Å²) < 4.78 is 13.7. The van der Waals surface area contributed by atoms with Gasteiger partial charge in [0.1, 0.15) is 5.67 Å². The Balaban J connectivity index is 2.57. The summed E-state index contributed by atoms with van der Waals surface area (Å²) in [6.45, 7) is 7.27. The van der Waals surface area contributed by atoms with E-state index in [2.05, 4.69) is 18.7 Å². The van der Waals surface area contributed by atoms with Crippen LogP contribution in [0.1, 0.15) is 33.6 Å². The Labute approximate surface area is 79.7 Å². The highest BCUT2D eigenvalue weighted by Crippen LogP contribution is 2.26. The summed E-state index contributed by atoms with van der Waals surface area (Å²) in [7, 11) is 0. The van der Waals surface area contributed by atoms with E-state index in [1.54, 1.807) is 0 Å². The highest BCUT2D eigenvalue weighted by Gasteiger charge is 2.35. The predicted octanol–water partition coefficient (Wildman–Crippen LogP) is 1.58. The fourth-order valence-electron chi connectivity index (χ4n) is 1.75. The molecule has 0 aromatic carbocycles. The lowest BCUT2D eigenvalue weighted by Crippen LogP contribution is -2.34. The molecule has 2 nitrogen and oxygen atoms in total. The molecule has 2 atom stereocenters. The van der Waals surface area contributed by atoms with Gasteiger partial charge in [-0.3, -0.25) is 0 Å². The highest BCUT2D eigenvalue weighted by atomic mass is 19.1. The lowest BCUT2D eigenvalue weighted by Gasteiger charge is -2.24. The number of rotatable bonds is 1. The fraction of sp³-hybridized carbons (Fsp3) is 1.00. The van der Waals surface area contributed by atoms with Crippen LogP contribution < -0.4 is 0 Å². The molecule has 0 saturated carbocycles. The molecule has 1 rings (SSSR count). The van der Waals surface area contributed by atoms with Crippen LogP contribution >= 0.6 is 0 Å². The quantitative estimate of drug-likeness (QED) is 0.677. The third-order valence-electron chi connectivity index (χ3n) is 3.00. The van der Waals surface area contributed by atoms with Crippen LogP contribution in [0.4, 0.5) is 4.39 Å². The summed E-state index contributed by atoms with van der Waals surface area (Å²) in [6, 6.07) is 0.445. The minimum atomic E-state index is -1.40. The normalized spacial score (nSPS) is 37.8. The Morgan fingerprint density at radius 3 is 2.62 bits per heavy atom. The first-order chi connectivity index (χ1) is 5.93. The molecule has 1 saturated heterocycles. The van der Waals surface area contributed by atoms with Crippen molar-refractivity contribution < 1.29 is 9.50 Å². The summed E-state index contributed by atoms with van der Waals surface area (Å²) in [5.41, 5.74) is -1.40. The smallest absolute Gasteiger partial charge is 0.135 e. The molecule has 0 bridgehead atoms. The van der Waals surface area contributed by atoms with Gasteiger partial charge in [0.25, 0.3) is 0 Å². The van der Waals surface area contributed by atoms with Crippen molar-refractivity contribution in [3.05, 3.63) is 0 Å². The van der Waals surface area contributed by atoms with Crippen molar-refractivity contribution in [3.63, 3.8) is 0 Å². The second-order valence-corrected chi connectivity index (χ2v) is 4.46. The molecular weight excluding hydrogens is 169 g/mol. The van der Waals surface area contributed by atoms with E-state index in [4.69, 9.17) is 0 Å². The van der Waals surface area contributed by atoms with Gasteiger partial charge < -0.3 is 10.0 Å². The second kappa shape index (κ2) is 3.93. The maximum Gasteiger partial charge on any atom is 0.135 e. The van der Waals surface area contributed by atoms with Crippen molar-refractivity contribution in [1.29, 1.82) is 0 Å². The molecule has 0 aliphatic carbocycles. The third-order valence-corrected chi connectivity index (χ3v) is 3.00. The zero-order valence-electron chi connectivity index (χ0n) is 8.76. The van der Waals surface area contributed by atoms with Crippen LogP contribution in [-0.4, -0.2) is 40.9 Å². The number of hydrogen-bond acceptors (Lipinski definition) is 2. The number of aliphatic hydroxyl groups is 1. The average molecular weight is 189 g/mol.